The van der Waals surface area contributed by atoms with Gasteiger partial charge in [-0.2, -0.15) is 5.26 Å². The summed E-state index contributed by atoms with van der Waals surface area (Å²) in [6, 6.07) is 5.36. The standard InChI is InChI=1S/C17H16N2O4S/c1-9-10(2)24-17(12(9)8-18)19-16(20)11-6-13(21-3)15-14(7-11)22-4-5-23-15/h6-7H,4-5H2,1-3H3,(H,19,20). The minimum Gasteiger partial charge on any atom is -0.493 e. The molecule has 0 unspecified atom stereocenters. The Morgan fingerprint density at radius 2 is 2.08 bits per heavy atom. The predicted octanol–water partition coefficient (Wildman–Crippen LogP) is 3.27. The fourth-order valence-electron chi connectivity index (χ4n) is 2.43. The van der Waals surface area contributed by atoms with Gasteiger partial charge in [0.05, 0.1) is 12.7 Å². The van der Waals surface area contributed by atoms with E-state index in [0.29, 0.717) is 46.6 Å². The average Bonchev–Trinajstić information content (AvgIpc) is 2.87. The molecule has 0 atom stereocenters. The van der Waals surface area contributed by atoms with E-state index >= 15 is 0 Å². The largest absolute Gasteiger partial charge is 0.493 e. The number of nitrogens with zero attached hydrogens (tertiary/aromatic N) is 1. The van der Waals surface area contributed by atoms with Crippen molar-refractivity contribution < 1.29 is 19.0 Å². The van der Waals surface area contributed by atoms with Gasteiger partial charge < -0.3 is 19.5 Å². The number of hydrogen-bond donors (Lipinski definition) is 1. The average molecular weight is 344 g/mol. The summed E-state index contributed by atoms with van der Waals surface area (Å²) in [5.41, 5.74) is 1.76. The van der Waals surface area contributed by atoms with E-state index in [4.69, 9.17) is 14.2 Å². The number of amides is 1. The van der Waals surface area contributed by atoms with E-state index in [-0.39, 0.29) is 5.91 Å². The fourth-order valence-corrected chi connectivity index (χ4v) is 3.43. The van der Waals surface area contributed by atoms with Crippen molar-refractivity contribution in [1.29, 1.82) is 5.26 Å². The van der Waals surface area contributed by atoms with Crippen molar-refractivity contribution in [3.8, 4) is 23.3 Å². The number of benzene rings is 1. The van der Waals surface area contributed by atoms with Crippen LogP contribution in [0.25, 0.3) is 0 Å². The SMILES string of the molecule is COc1cc(C(=O)Nc2sc(C)c(C)c2C#N)cc2c1OCCO2. The molecule has 2 heterocycles. The quantitative estimate of drug-likeness (QED) is 0.924. The molecule has 124 valence electrons. The van der Waals surface area contributed by atoms with Crippen LogP contribution in [-0.2, 0) is 0 Å². The summed E-state index contributed by atoms with van der Waals surface area (Å²) in [4.78, 5) is 13.6. The van der Waals surface area contributed by atoms with Gasteiger partial charge in [0.15, 0.2) is 11.5 Å². The Hall–Kier alpha value is -2.72. The number of carbonyl (C=O) groups is 1. The first-order valence-electron chi connectivity index (χ1n) is 7.34. The highest BCUT2D eigenvalue weighted by atomic mass is 32.1. The maximum atomic E-state index is 12.6. The van der Waals surface area contributed by atoms with Gasteiger partial charge in [0.25, 0.3) is 5.91 Å². The lowest BCUT2D eigenvalue weighted by Crippen LogP contribution is -2.18. The molecule has 0 bridgehead atoms. The highest BCUT2D eigenvalue weighted by Crippen LogP contribution is 2.40. The van der Waals surface area contributed by atoms with E-state index in [1.54, 1.807) is 12.1 Å². The van der Waals surface area contributed by atoms with Crippen LogP contribution in [0.15, 0.2) is 12.1 Å². The molecule has 1 aromatic carbocycles. The van der Waals surface area contributed by atoms with E-state index in [9.17, 15) is 10.1 Å². The number of thiophene rings is 1. The zero-order valence-corrected chi connectivity index (χ0v) is 14.4. The molecule has 0 radical (unpaired) electrons. The van der Waals surface area contributed by atoms with Crippen LogP contribution in [-0.4, -0.2) is 26.2 Å². The van der Waals surface area contributed by atoms with Crippen molar-refractivity contribution >= 4 is 22.2 Å². The fraction of sp³-hybridized carbons (Fsp3) is 0.294. The molecule has 3 rings (SSSR count). The van der Waals surface area contributed by atoms with E-state index in [1.165, 1.54) is 18.4 Å². The molecule has 1 amide bonds. The Bertz CT molecular complexity index is 834. The Labute approximate surface area is 143 Å². The molecule has 6 nitrogen and oxygen atoms in total. The first-order valence-corrected chi connectivity index (χ1v) is 8.16. The maximum absolute atomic E-state index is 12.6. The molecule has 0 aliphatic carbocycles. The third-order valence-electron chi connectivity index (χ3n) is 3.81. The van der Waals surface area contributed by atoms with Crippen molar-refractivity contribution in [2.75, 3.05) is 25.6 Å². The van der Waals surface area contributed by atoms with Gasteiger partial charge in [0, 0.05) is 10.4 Å². The van der Waals surface area contributed by atoms with Crippen LogP contribution in [0.4, 0.5) is 5.00 Å². The molecule has 1 aliphatic rings. The Morgan fingerprint density at radius 1 is 1.33 bits per heavy atom. The summed E-state index contributed by atoms with van der Waals surface area (Å²) in [5.74, 6) is 1.09. The number of hydrogen-bond acceptors (Lipinski definition) is 6. The molecule has 0 fully saturated rings. The third kappa shape index (κ3) is 2.76. The topological polar surface area (TPSA) is 80.6 Å². The van der Waals surface area contributed by atoms with E-state index in [1.807, 2.05) is 13.8 Å². The smallest absolute Gasteiger partial charge is 0.256 e. The number of ether oxygens (including phenoxy) is 3. The monoisotopic (exact) mass is 344 g/mol. The van der Waals surface area contributed by atoms with Crippen molar-refractivity contribution in [2.45, 2.75) is 13.8 Å². The number of nitriles is 1. The molecule has 1 aromatic heterocycles. The van der Waals surface area contributed by atoms with Crippen LogP contribution in [0.1, 0.15) is 26.4 Å². The molecule has 0 saturated carbocycles. The molecule has 0 saturated heterocycles. The Kier molecular flexibility index (Phi) is 4.32. The van der Waals surface area contributed by atoms with Crippen molar-refractivity contribution in [2.24, 2.45) is 0 Å². The minimum absolute atomic E-state index is 0.331. The van der Waals surface area contributed by atoms with E-state index < -0.39 is 0 Å². The number of methoxy groups -OCH3 is 1. The van der Waals surface area contributed by atoms with Gasteiger partial charge in [-0.1, -0.05) is 0 Å². The maximum Gasteiger partial charge on any atom is 0.256 e. The van der Waals surface area contributed by atoms with Crippen LogP contribution in [0.5, 0.6) is 17.2 Å². The number of carbonyl (C=O) groups excluding carboxylic acids is 1. The van der Waals surface area contributed by atoms with E-state index in [2.05, 4.69) is 11.4 Å². The summed E-state index contributed by atoms with van der Waals surface area (Å²) < 4.78 is 16.4. The highest BCUT2D eigenvalue weighted by Gasteiger charge is 2.22. The minimum atomic E-state index is -0.331. The molecule has 1 N–H and O–H groups in total. The summed E-state index contributed by atoms with van der Waals surface area (Å²) in [6.45, 7) is 4.65. The lowest BCUT2D eigenvalue weighted by molar-refractivity contribution is 0.102. The second-order valence-electron chi connectivity index (χ2n) is 5.26. The molecule has 7 heteroatoms. The summed E-state index contributed by atoms with van der Waals surface area (Å²) >= 11 is 1.39. The van der Waals surface area contributed by atoms with Gasteiger partial charge in [-0.3, -0.25) is 4.79 Å². The second-order valence-corrected chi connectivity index (χ2v) is 6.48. The van der Waals surface area contributed by atoms with Crippen LogP contribution in [0.2, 0.25) is 0 Å². The summed E-state index contributed by atoms with van der Waals surface area (Å²) in [6.07, 6.45) is 0. The van der Waals surface area contributed by atoms with Crippen molar-refractivity contribution in [3.05, 3.63) is 33.7 Å². The number of anilines is 1. The van der Waals surface area contributed by atoms with Crippen molar-refractivity contribution in [1.82, 2.24) is 0 Å². The predicted molar refractivity (Wildman–Crippen MR) is 90.4 cm³/mol. The van der Waals surface area contributed by atoms with Crippen molar-refractivity contribution in [3.63, 3.8) is 0 Å². The lowest BCUT2D eigenvalue weighted by atomic mass is 10.1. The zero-order chi connectivity index (χ0) is 17.3. The van der Waals surface area contributed by atoms with Crippen LogP contribution in [0.3, 0.4) is 0 Å². The Morgan fingerprint density at radius 3 is 2.79 bits per heavy atom. The van der Waals surface area contributed by atoms with Gasteiger partial charge >= 0.3 is 0 Å². The molecular weight excluding hydrogens is 328 g/mol. The van der Waals surface area contributed by atoms with Crippen LogP contribution in [0, 0.1) is 25.2 Å². The molecular formula is C17H16N2O4S. The molecule has 24 heavy (non-hydrogen) atoms. The zero-order valence-electron chi connectivity index (χ0n) is 13.6. The first kappa shape index (κ1) is 16.1. The van der Waals surface area contributed by atoms with Crippen LogP contribution < -0.4 is 19.5 Å². The third-order valence-corrected chi connectivity index (χ3v) is 4.94. The van der Waals surface area contributed by atoms with Gasteiger partial charge in [0.2, 0.25) is 5.75 Å². The van der Waals surface area contributed by atoms with E-state index in [0.717, 1.165) is 10.4 Å². The second kappa shape index (κ2) is 6.42. The number of rotatable bonds is 3. The highest BCUT2D eigenvalue weighted by molar-refractivity contribution is 7.16. The normalized spacial score (nSPS) is 12.4. The van der Waals surface area contributed by atoms with Gasteiger partial charge in [-0.25, -0.2) is 0 Å². The van der Waals surface area contributed by atoms with Gasteiger partial charge in [-0.05, 0) is 31.5 Å². The summed E-state index contributed by atoms with van der Waals surface area (Å²) in [5, 5.41) is 12.6. The molecule has 0 spiro atoms. The molecule has 1 aliphatic heterocycles. The number of fused-ring (bicyclic) bond motifs is 1. The molecule has 2 aromatic rings. The van der Waals surface area contributed by atoms with Gasteiger partial charge in [-0.15, -0.1) is 11.3 Å². The lowest BCUT2D eigenvalue weighted by Gasteiger charge is -2.21. The number of aryl methyl sites for hydroxylation is 1. The summed E-state index contributed by atoms with van der Waals surface area (Å²) in [7, 11) is 1.51. The van der Waals surface area contributed by atoms with Crippen LogP contribution >= 0.6 is 11.3 Å². The Balaban J connectivity index is 1.94. The number of nitrogens with one attached hydrogen (secondary N) is 1. The first-order chi connectivity index (χ1) is 11.5. The van der Waals surface area contributed by atoms with Gasteiger partial charge in [0.1, 0.15) is 24.3 Å².